The summed E-state index contributed by atoms with van der Waals surface area (Å²) in [5.74, 6) is 2.39. The van der Waals surface area contributed by atoms with Crippen LogP contribution in [-0.4, -0.2) is 17.9 Å². The minimum atomic E-state index is -0.438. The van der Waals surface area contributed by atoms with E-state index in [1.165, 1.54) is 5.57 Å². The predicted molar refractivity (Wildman–Crippen MR) is 85.8 cm³/mol. The van der Waals surface area contributed by atoms with Crippen molar-refractivity contribution in [3.05, 3.63) is 22.8 Å². The molecule has 0 N–H and O–H groups in total. The van der Waals surface area contributed by atoms with Crippen molar-refractivity contribution in [3.63, 3.8) is 0 Å². The van der Waals surface area contributed by atoms with E-state index in [4.69, 9.17) is 11.2 Å². The summed E-state index contributed by atoms with van der Waals surface area (Å²) in [5, 5.41) is 0. The maximum absolute atomic E-state index is 12.5. The SMILES string of the molecule is C#CCC1=C(C)C(OC(=O)[C@@H]2[C@@H](C=C(C)C)C2(C)C)CC1=O. The zero-order valence-electron chi connectivity index (χ0n) is 14.0. The molecule has 3 heteroatoms. The average molecular weight is 300 g/mol. The Hall–Kier alpha value is -1.82. The third kappa shape index (κ3) is 2.88. The van der Waals surface area contributed by atoms with Crippen LogP contribution < -0.4 is 0 Å². The largest absolute Gasteiger partial charge is 0.457 e. The minimum absolute atomic E-state index is 0.00385. The lowest BCUT2D eigenvalue weighted by atomic mass is 10.1. The molecule has 0 spiro atoms. The van der Waals surface area contributed by atoms with Crippen LogP contribution >= 0.6 is 0 Å². The summed E-state index contributed by atoms with van der Waals surface area (Å²) in [6.45, 7) is 10.1. The van der Waals surface area contributed by atoms with Crippen LogP contribution in [0.3, 0.4) is 0 Å². The molecule has 2 rings (SSSR count). The number of carbonyl (C=O) groups is 2. The van der Waals surface area contributed by atoms with Gasteiger partial charge in [0.2, 0.25) is 0 Å². The van der Waals surface area contributed by atoms with Gasteiger partial charge in [-0.15, -0.1) is 12.3 Å². The van der Waals surface area contributed by atoms with E-state index in [2.05, 4.69) is 25.8 Å². The molecular weight excluding hydrogens is 276 g/mol. The van der Waals surface area contributed by atoms with Crippen molar-refractivity contribution in [3.8, 4) is 12.3 Å². The second-order valence-corrected chi connectivity index (χ2v) is 7.16. The van der Waals surface area contributed by atoms with Crippen molar-refractivity contribution in [2.45, 2.75) is 53.6 Å². The molecule has 22 heavy (non-hydrogen) atoms. The number of ether oxygens (including phenoxy) is 1. The molecule has 0 amide bonds. The molecule has 0 aliphatic heterocycles. The number of esters is 1. The van der Waals surface area contributed by atoms with Crippen molar-refractivity contribution < 1.29 is 14.3 Å². The predicted octanol–water partition coefficient (Wildman–Crippen LogP) is 3.45. The molecule has 0 bridgehead atoms. The highest BCUT2D eigenvalue weighted by Gasteiger charge is 2.61. The van der Waals surface area contributed by atoms with Crippen molar-refractivity contribution >= 4 is 11.8 Å². The molecule has 2 aliphatic carbocycles. The maximum atomic E-state index is 12.5. The van der Waals surface area contributed by atoms with Gasteiger partial charge in [-0.05, 0) is 37.7 Å². The molecular formula is C19H24O3. The molecule has 118 valence electrons. The number of Topliss-reactive ketones (excluding diaryl/α,β-unsaturated/α-hetero) is 1. The molecule has 1 fully saturated rings. The third-order valence-electron chi connectivity index (χ3n) is 4.88. The summed E-state index contributed by atoms with van der Waals surface area (Å²) in [7, 11) is 0. The third-order valence-corrected chi connectivity index (χ3v) is 4.88. The van der Waals surface area contributed by atoms with Gasteiger partial charge < -0.3 is 4.74 Å². The number of allylic oxidation sites excluding steroid dienone is 3. The second kappa shape index (κ2) is 5.76. The van der Waals surface area contributed by atoms with Crippen LogP contribution in [0.25, 0.3) is 0 Å². The van der Waals surface area contributed by atoms with E-state index in [9.17, 15) is 9.59 Å². The van der Waals surface area contributed by atoms with E-state index in [0.717, 1.165) is 5.57 Å². The molecule has 0 saturated heterocycles. The van der Waals surface area contributed by atoms with Gasteiger partial charge in [-0.3, -0.25) is 9.59 Å². The number of terminal acetylenes is 1. The summed E-state index contributed by atoms with van der Waals surface area (Å²) in [6, 6.07) is 0. The van der Waals surface area contributed by atoms with Crippen molar-refractivity contribution in [1.29, 1.82) is 0 Å². The molecule has 0 aromatic heterocycles. The second-order valence-electron chi connectivity index (χ2n) is 7.16. The molecule has 3 atom stereocenters. The highest BCUT2D eigenvalue weighted by molar-refractivity contribution is 6.00. The Balaban J connectivity index is 2.07. The molecule has 0 radical (unpaired) electrons. The lowest BCUT2D eigenvalue weighted by molar-refractivity contribution is -0.150. The maximum Gasteiger partial charge on any atom is 0.310 e. The highest BCUT2D eigenvalue weighted by atomic mass is 16.5. The number of carbonyl (C=O) groups excluding carboxylic acids is 2. The van der Waals surface area contributed by atoms with E-state index in [1.807, 2.05) is 20.8 Å². The standard InChI is InChI=1S/C19H24O3/c1-7-8-13-12(4)16(10-15(13)20)22-18(21)17-14(9-11(2)3)19(17,5)6/h1,9,14,16-17H,8,10H2,2-6H3/t14-,16?,17+/m1/s1. The monoisotopic (exact) mass is 300 g/mol. The van der Waals surface area contributed by atoms with Crippen molar-refractivity contribution in [1.82, 2.24) is 0 Å². The van der Waals surface area contributed by atoms with Crippen LogP contribution in [0.15, 0.2) is 22.8 Å². The van der Waals surface area contributed by atoms with E-state index in [1.54, 1.807) is 0 Å². The lowest BCUT2D eigenvalue weighted by Crippen LogP contribution is -2.20. The van der Waals surface area contributed by atoms with Gasteiger partial charge in [0.15, 0.2) is 5.78 Å². The molecule has 0 aromatic rings. The number of hydrogen-bond acceptors (Lipinski definition) is 3. The van der Waals surface area contributed by atoms with Crippen LogP contribution in [-0.2, 0) is 14.3 Å². The van der Waals surface area contributed by atoms with Crippen LogP contribution in [0.4, 0.5) is 0 Å². The molecule has 2 aliphatic rings. The van der Waals surface area contributed by atoms with E-state index < -0.39 is 6.10 Å². The van der Waals surface area contributed by atoms with Crippen LogP contribution in [0.1, 0.15) is 47.5 Å². The lowest BCUT2D eigenvalue weighted by Gasteiger charge is -2.13. The fourth-order valence-corrected chi connectivity index (χ4v) is 3.34. The quantitative estimate of drug-likeness (QED) is 0.454. The van der Waals surface area contributed by atoms with Gasteiger partial charge in [-0.25, -0.2) is 0 Å². The minimum Gasteiger partial charge on any atom is -0.457 e. The van der Waals surface area contributed by atoms with E-state index in [-0.39, 0.29) is 35.4 Å². The molecule has 1 saturated carbocycles. The van der Waals surface area contributed by atoms with Crippen molar-refractivity contribution in [2.24, 2.45) is 17.3 Å². The molecule has 3 nitrogen and oxygen atoms in total. The Morgan fingerprint density at radius 2 is 2.09 bits per heavy atom. The first-order chi connectivity index (χ1) is 10.2. The summed E-state index contributed by atoms with van der Waals surface area (Å²) in [4.78, 5) is 24.4. The number of rotatable bonds is 4. The van der Waals surface area contributed by atoms with Gasteiger partial charge in [-0.2, -0.15) is 0 Å². The topological polar surface area (TPSA) is 43.4 Å². The molecule has 0 aromatic carbocycles. The van der Waals surface area contributed by atoms with Gasteiger partial charge in [0.25, 0.3) is 0 Å². The Morgan fingerprint density at radius 1 is 1.45 bits per heavy atom. The molecule has 0 heterocycles. The highest BCUT2D eigenvalue weighted by Crippen LogP contribution is 2.60. The van der Waals surface area contributed by atoms with E-state index >= 15 is 0 Å². The van der Waals surface area contributed by atoms with Crippen molar-refractivity contribution in [2.75, 3.05) is 0 Å². The zero-order chi connectivity index (χ0) is 16.7. The summed E-state index contributed by atoms with van der Waals surface area (Å²) < 4.78 is 5.63. The first-order valence-corrected chi connectivity index (χ1v) is 7.72. The number of hydrogen-bond donors (Lipinski definition) is 0. The van der Waals surface area contributed by atoms with Crippen LogP contribution in [0.2, 0.25) is 0 Å². The fourth-order valence-electron chi connectivity index (χ4n) is 3.34. The average Bonchev–Trinajstić information content (AvgIpc) is 2.83. The summed E-state index contributed by atoms with van der Waals surface area (Å²) >= 11 is 0. The van der Waals surface area contributed by atoms with Crippen LogP contribution in [0.5, 0.6) is 0 Å². The normalized spacial score (nSPS) is 29.1. The Morgan fingerprint density at radius 3 is 2.64 bits per heavy atom. The zero-order valence-corrected chi connectivity index (χ0v) is 14.0. The van der Waals surface area contributed by atoms with Gasteiger partial charge >= 0.3 is 5.97 Å². The van der Waals surface area contributed by atoms with Gasteiger partial charge in [0.1, 0.15) is 6.10 Å². The Labute approximate surface area is 132 Å². The summed E-state index contributed by atoms with van der Waals surface area (Å²) in [6.07, 6.45) is 7.53. The van der Waals surface area contributed by atoms with Gasteiger partial charge in [-0.1, -0.05) is 25.5 Å². The first kappa shape index (κ1) is 16.5. The fraction of sp³-hybridized carbons (Fsp3) is 0.579. The van der Waals surface area contributed by atoms with E-state index in [0.29, 0.717) is 12.0 Å². The smallest absolute Gasteiger partial charge is 0.310 e. The first-order valence-electron chi connectivity index (χ1n) is 7.72. The number of ketones is 1. The summed E-state index contributed by atoms with van der Waals surface area (Å²) in [5.41, 5.74) is 2.58. The van der Waals surface area contributed by atoms with Crippen LogP contribution in [0, 0.1) is 29.6 Å². The van der Waals surface area contributed by atoms with Gasteiger partial charge in [0, 0.05) is 12.0 Å². The van der Waals surface area contributed by atoms with Gasteiger partial charge in [0.05, 0.1) is 12.3 Å². The Bertz CT molecular complexity index is 609. The molecule has 1 unspecified atom stereocenters. The Kier molecular flexibility index (Phi) is 4.33.